The van der Waals surface area contributed by atoms with Crippen molar-refractivity contribution < 1.29 is 8.78 Å². The Balaban J connectivity index is 1.50. The van der Waals surface area contributed by atoms with Gasteiger partial charge in [-0.1, -0.05) is 6.07 Å². The van der Waals surface area contributed by atoms with Crippen LogP contribution in [0.2, 0.25) is 0 Å². The van der Waals surface area contributed by atoms with Crippen molar-refractivity contribution in [1.29, 1.82) is 0 Å². The first-order valence-corrected chi connectivity index (χ1v) is 8.92. The van der Waals surface area contributed by atoms with E-state index in [1.165, 1.54) is 18.6 Å². The number of thiophene rings is 1. The van der Waals surface area contributed by atoms with Gasteiger partial charge in [-0.2, -0.15) is 0 Å². The number of halogens is 2. The van der Waals surface area contributed by atoms with E-state index >= 15 is 0 Å². The summed E-state index contributed by atoms with van der Waals surface area (Å²) in [5.41, 5.74) is 1.17. The number of nitrogens with one attached hydrogen (secondary N) is 1. The van der Waals surface area contributed by atoms with Crippen LogP contribution < -0.4 is 5.32 Å². The maximum atomic E-state index is 14.6. The van der Waals surface area contributed by atoms with Gasteiger partial charge in [0.2, 0.25) is 0 Å². The van der Waals surface area contributed by atoms with Gasteiger partial charge in [0.05, 0.1) is 16.1 Å². The van der Waals surface area contributed by atoms with Crippen LogP contribution in [0.15, 0.2) is 54.3 Å². The fourth-order valence-electron chi connectivity index (χ4n) is 2.75. The summed E-state index contributed by atoms with van der Waals surface area (Å²) in [7, 11) is 0. The zero-order valence-electron chi connectivity index (χ0n) is 13.6. The molecule has 0 amide bonds. The number of anilines is 1. The van der Waals surface area contributed by atoms with E-state index in [0.717, 1.165) is 10.6 Å². The zero-order valence-corrected chi connectivity index (χ0v) is 14.4. The van der Waals surface area contributed by atoms with Gasteiger partial charge < -0.3 is 5.32 Å². The van der Waals surface area contributed by atoms with Crippen LogP contribution in [-0.2, 0) is 6.42 Å². The van der Waals surface area contributed by atoms with Crippen LogP contribution in [0.1, 0.15) is 5.56 Å². The summed E-state index contributed by atoms with van der Waals surface area (Å²) in [6.45, 7) is 0.348. The van der Waals surface area contributed by atoms with E-state index in [1.807, 2.05) is 23.6 Å². The van der Waals surface area contributed by atoms with E-state index < -0.39 is 11.6 Å². The average Bonchev–Trinajstić information content (AvgIpc) is 3.19. The molecule has 0 bridgehead atoms. The Bertz CT molecular complexity index is 1050. The van der Waals surface area contributed by atoms with Crippen LogP contribution in [0.3, 0.4) is 0 Å². The molecule has 0 saturated carbocycles. The molecule has 130 valence electrons. The number of aromatic nitrogens is 3. The molecule has 1 N–H and O–H groups in total. The fourth-order valence-corrected chi connectivity index (χ4v) is 3.44. The Morgan fingerprint density at radius 1 is 1.04 bits per heavy atom. The minimum Gasteiger partial charge on any atom is -0.370 e. The number of nitrogens with zero attached hydrogens (tertiary/aromatic N) is 3. The lowest BCUT2D eigenvalue weighted by atomic mass is 10.1. The molecule has 4 rings (SSSR count). The van der Waals surface area contributed by atoms with Gasteiger partial charge in [-0.3, -0.25) is 4.98 Å². The van der Waals surface area contributed by atoms with Crippen LogP contribution in [0.4, 0.5) is 14.6 Å². The van der Waals surface area contributed by atoms with E-state index in [-0.39, 0.29) is 12.0 Å². The molecule has 3 aromatic heterocycles. The van der Waals surface area contributed by atoms with E-state index in [1.54, 1.807) is 23.5 Å². The molecule has 4 nitrogen and oxygen atoms in total. The topological polar surface area (TPSA) is 50.7 Å². The Morgan fingerprint density at radius 2 is 1.96 bits per heavy atom. The number of benzene rings is 1. The summed E-state index contributed by atoms with van der Waals surface area (Å²) in [4.78, 5) is 13.4. The van der Waals surface area contributed by atoms with Gasteiger partial charge in [0.25, 0.3) is 0 Å². The minimum atomic E-state index is -0.586. The lowest BCUT2D eigenvalue weighted by Crippen LogP contribution is -2.09. The standard InChI is InChI=1S/C19H14F2N4S/c20-14-9-15-13(3-1-6-22-15)19(21)12(14)5-7-23-18-10-16(24-11-25-18)17-4-2-8-26-17/h1-4,6,8-11H,5,7H2,(H,23,24,25). The van der Waals surface area contributed by atoms with Crippen molar-refractivity contribution in [3.63, 3.8) is 0 Å². The summed E-state index contributed by atoms with van der Waals surface area (Å²) in [5.74, 6) is -0.527. The third kappa shape index (κ3) is 3.25. The molecule has 0 aliphatic rings. The van der Waals surface area contributed by atoms with E-state index in [2.05, 4.69) is 20.3 Å². The summed E-state index contributed by atoms with van der Waals surface area (Å²) < 4.78 is 28.8. The highest BCUT2D eigenvalue weighted by Gasteiger charge is 2.14. The second-order valence-electron chi connectivity index (χ2n) is 5.66. The van der Waals surface area contributed by atoms with Gasteiger partial charge in [-0.25, -0.2) is 18.7 Å². The molecule has 4 aromatic rings. The molecule has 0 fully saturated rings. The second kappa shape index (κ2) is 7.13. The first-order valence-electron chi connectivity index (χ1n) is 8.04. The molecule has 0 aliphatic heterocycles. The molecular weight excluding hydrogens is 354 g/mol. The SMILES string of the molecule is Fc1cc2ncccc2c(F)c1CCNc1cc(-c2cccs2)ncn1. The molecule has 26 heavy (non-hydrogen) atoms. The van der Waals surface area contributed by atoms with Crippen molar-refractivity contribution in [3.8, 4) is 10.6 Å². The van der Waals surface area contributed by atoms with Crippen molar-refractivity contribution in [3.05, 3.63) is 71.5 Å². The molecule has 1 aromatic carbocycles. The Hall–Kier alpha value is -2.93. The van der Waals surface area contributed by atoms with Gasteiger partial charge in [0, 0.05) is 35.8 Å². The van der Waals surface area contributed by atoms with Gasteiger partial charge in [0.1, 0.15) is 23.8 Å². The minimum absolute atomic E-state index is 0.0468. The normalized spacial score (nSPS) is 11.0. The van der Waals surface area contributed by atoms with Gasteiger partial charge in [-0.05, 0) is 30.0 Å². The first-order chi connectivity index (χ1) is 12.7. The third-order valence-electron chi connectivity index (χ3n) is 4.01. The summed E-state index contributed by atoms with van der Waals surface area (Å²) in [5, 5.41) is 5.40. The largest absolute Gasteiger partial charge is 0.370 e. The molecule has 0 aliphatic carbocycles. The predicted molar refractivity (Wildman–Crippen MR) is 99.2 cm³/mol. The molecule has 0 saturated heterocycles. The molecule has 0 unspecified atom stereocenters. The second-order valence-corrected chi connectivity index (χ2v) is 6.61. The maximum Gasteiger partial charge on any atom is 0.138 e. The average molecular weight is 368 g/mol. The van der Waals surface area contributed by atoms with Crippen LogP contribution in [0, 0.1) is 11.6 Å². The molecule has 0 atom stereocenters. The quantitative estimate of drug-likeness (QED) is 0.555. The number of hydrogen-bond donors (Lipinski definition) is 1. The number of rotatable bonds is 5. The van der Waals surface area contributed by atoms with Crippen LogP contribution in [0.25, 0.3) is 21.5 Å². The maximum absolute atomic E-state index is 14.6. The van der Waals surface area contributed by atoms with E-state index in [9.17, 15) is 8.78 Å². The number of pyridine rings is 1. The number of fused-ring (bicyclic) bond motifs is 1. The molecular formula is C19H14F2N4S. The first kappa shape index (κ1) is 16.5. The molecule has 3 heterocycles. The summed E-state index contributed by atoms with van der Waals surface area (Å²) >= 11 is 1.59. The van der Waals surface area contributed by atoms with Crippen molar-refractivity contribution in [2.24, 2.45) is 0 Å². The fraction of sp³-hybridized carbons (Fsp3) is 0.105. The number of hydrogen-bond acceptors (Lipinski definition) is 5. The van der Waals surface area contributed by atoms with E-state index in [0.29, 0.717) is 23.3 Å². The van der Waals surface area contributed by atoms with Crippen molar-refractivity contribution >= 4 is 28.1 Å². The highest BCUT2D eigenvalue weighted by molar-refractivity contribution is 7.13. The van der Waals surface area contributed by atoms with Crippen molar-refractivity contribution in [2.75, 3.05) is 11.9 Å². The zero-order chi connectivity index (χ0) is 17.9. The Kier molecular flexibility index (Phi) is 4.53. The third-order valence-corrected chi connectivity index (χ3v) is 4.91. The summed E-state index contributed by atoms with van der Waals surface area (Å²) in [6.07, 6.45) is 3.18. The van der Waals surface area contributed by atoms with Crippen LogP contribution in [-0.4, -0.2) is 21.5 Å². The summed E-state index contributed by atoms with van der Waals surface area (Å²) in [6, 6.07) is 10.3. The monoisotopic (exact) mass is 368 g/mol. The van der Waals surface area contributed by atoms with Crippen LogP contribution in [0.5, 0.6) is 0 Å². The van der Waals surface area contributed by atoms with Gasteiger partial charge in [-0.15, -0.1) is 11.3 Å². The van der Waals surface area contributed by atoms with Gasteiger partial charge >= 0.3 is 0 Å². The van der Waals surface area contributed by atoms with Gasteiger partial charge in [0.15, 0.2) is 0 Å². The molecule has 0 spiro atoms. The molecule has 7 heteroatoms. The lowest BCUT2D eigenvalue weighted by molar-refractivity contribution is 0.565. The highest BCUT2D eigenvalue weighted by Crippen LogP contribution is 2.25. The Labute approximate surface area is 152 Å². The predicted octanol–water partition coefficient (Wildman–Crippen LogP) is 4.69. The highest BCUT2D eigenvalue weighted by atomic mass is 32.1. The smallest absolute Gasteiger partial charge is 0.138 e. The van der Waals surface area contributed by atoms with E-state index in [4.69, 9.17) is 0 Å². The molecule has 0 radical (unpaired) electrons. The Morgan fingerprint density at radius 3 is 2.81 bits per heavy atom. The lowest BCUT2D eigenvalue weighted by Gasteiger charge is -2.10. The van der Waals surface area contributed by atoms with Crippen molar-refractivity contribution in [1.82, 2.24) is 15.0 Å². The van der Waals surface area contributed by atoms with Crippen molar-refractivity contribution in [2.45, 2.75) is 6.42 Å². The van der Waals surface area contributed by atoms with Crippen LogP contribution >= 0.6 is 11.3 Å².